The van der Waals surface area contributed by atoms with Crippen LogP contribution < -0.4 is 10.6 Å². The van der Waals surface area contributed by atoms with Gasteiger partial charge in [0, 0.05) is 24.5 Å². The lowest BCUT2D eigenvalue weighted by atomic mass is 10.2. The summed E-state index contributed by atoms with van der Waals surface area (Å²) >= 11 is 0. The first-order chi connectivity index (χ1) is 8.58. The van der Waals surface area contributed by atoms with Crippen LogP contribution in [-0.2, 0) is 0 Å². The fourth-order valence-corrected chi connectivity index (χ4v) is 1.66. The van der Waals surface area contributed by atoms with Crippen LogP contribution in [0.3, 0.4) is 0 Å². The van der Waals surface area contributed by atoms with E-state index in [0.717, 1.165) is 22.6 Å². The summed E-state index contributed by atoms with van der Waals surface area (Å²) in [7, 11) is 1.96. The fraction of sp³-hybridized carbons (Fsp3) is 0.143. The van der Waals surface area contributed by atoms with Crippen molar-refractivity contribution in [2.75, 3.05) is 11.9 Å². The SMILES string of the molecule is Cc1ccc(N(C)c2ccc(C(=N)N)cc2)nc1. The Labute approximate surface area is 107 Å². The molecule has 0 saturated heterocycles. The summed E-state index contributed by atoms with van der Waals surface area (Å²) in [6.45, 7) is 2.01. The Morgan fingerprint density at radius 1 is 1.17 bits per heavy atom. The highest BCUT2D eigenvalue weighted by atomic mass is 15.2. The second kappa shape index (κ2) is 4.87. The summed E-state index contributed by atoms with van der Waals surface area (Å²) in [6.07, 6.45) is 1.84. The van der Waals surface area contributed by atoms with Gasteiger partial charge in [-0.1, -0.05) is 6.07 Å². The van der Waals surface area contributed by atoms with Gasteiger partial charge in [0.25, 0.3) is 0 Å². The maximum atomic E-state index is 7.35. The lowest BCUT2D eigenvalue weighted by Gasteiger charge is -2.18. The highest BCUT2D eigenvalue weighted by Crippen LogP contribution is 2.21. The zero-order valence-corrected chi connectivity index (χ0v) is 10.5. The van der Waals surface area contributed by atoms with E-state index < -0.39 is 0 Å². The van der Waals surface area contributed by atoms with Crippen LogP contribution >= 0.6 is 0 Å². The summed E-state index contributed by atoms with van der Waals surface area (Å²) in [5.41, 5.74) is 8.30. The van der Waals surface area contributed by atoms with Crippen LogP contribution in [-0.4, -0.2) is 17.9 Å². The van der Waals surface area contributed by atoms with Crippen molar-refractivity contribution in [1.29, 1.82) is 5.41 Å². The van der Waals surface area contributed by atoms with E-state index >= 15 is 0 Å². The molecule has 0 spiro atoms. The summed E-state index contributed by atoms with van der Waals surface area (Å²) in [6, 6.07) is 11.5. The van der Waals surface area contributed by atoms with Crippen LogP contribution in [0.4, 0.5) is 11.5 Å². The highest BCUT2D eigenvalue weighted by molar-refractivity contribution is 5.95. The van der Waals surface area contributed by atoms with Gasteiger partial charge in [0.1, 0.15) is 11.7 Å². The molecular weight excluding hydrogens is 224 g/mol. The Morgan fingerprint density at radius 3 is 2.33 bits per heavy atom. The zero-order chi connectivity index (χ0) is 13.1. The maximum Gasteiger partial charge on any atom is 0.132 e. The van der Waals surface area contributed by atoms with Crippen molar-refractivity contribution < 1.29 is 0 Å². The van der Waals surface area contributed by atoms with Crippen molar-refractivity contribution in [3.05, 3.63) is 53.7 Å². The van der Waals surface area contributed by atoms with Gasteiger partial charge < -0.3 is 10.6 Å². The third kappa shape index (κ3) is 2.48. The third-order valence-electron chi connectivity index (χ3n) is 2.81. The molecule has 0 unspecified atom stereocenters. The molecule has 0 atom stereocenters. The number of benzene rings is 1. The summed E-state index contributed by atoms with van der Waals surface area (Å²) in [4.78, 5) is 6.36. The highest BCUT2D eigenvalue weighted by Gasteiger charge is 2.05. The molecule has 0 amide bonds. The molecule has 2 rings (SSSR count). The van der Waals surface area contributed by atoms with Crippen LogP contribution in [0.2, 0.25) is 0 Å². The van der Waals surface area contributed by atoms with Crippen molar-refractivity contribution in [2.45, 2.75) is 6.92 Å². The molecule has 2 aromatic rings. The number of nitrogen functional groups attached to an aromatic ring is 1. The van der Waals surface area contributed by atoms with Gasteiger partial charge in [-0.05, 0) is 42.8 Å². The summed E-state index contributed by atoms with van der Waals surface area (Å²) < 4.78 is 0. The molecular formula is C14H16N4. The molecule has 4 nitrogen and oxygen atoms in total. The molecule has 0 aliphatic heterocycles. The molecule has 4 heteroatoms. The average molecular weight is 240 g/mol. The van der Waals surface area contributed by atoms with E-state index in [-0.39, 0.29) is 5.84 Å². The number of hydrogen-bond acceptors (Lipinski definition) is 3. The van der Waals surface area contributed by atoms with E-state index in [9.17, 15) is 0 Å². The van der Waals surface area contributed by atoms with Gasteiger partial charge in [-0.2, -0.15) is 0 Å². The molecule has 0 saturated carbocycles. The maximum absolute atomic E-state index is 7.35. The predicted molar refractivity (Wildman–Crippen MR) is 74.5 cm³/mol. The smallest absolute Gasteiger partial charge is 0.132 e. The molecule has 0 aliphatic carbocycles. The molecule has 92 valence electrons. The molecule has 0 bridgehead atoms. The normalized spacial score (nSPS) is 10.1. The lowest BCUT2D eigenvalue weighted by molar-refractivity contribution is 1.12. The number of nitrogens with one attached hydrogen (secondary N) is 1. The van der Waals surface area contributed by atoms with Crippen molar-refractivity contribution in [2.24, 2.45) is 5.73 Å². The number of aromatic nitrogens is 1. The van der Waals surface area contributed by atoms with E-state index in [1.54, 1.807) is 0 Å². The Kier molecular flexibility index (Phi) is 3.28. The number of pyridine rings is 1. The Hall–Kier alpha value is -2.36. The average Bonchev–Trinajstić information content (AvgIpc) is 2.39. The molecule has 1 heterocycles. The largest absolute Gasteiger partial charge is 0.384 e. The number of nitrogens with two attached hydrogens (primary N) is 1. The second-order valence-electron chi connectivity index (χ2n) is 4.21. The van der Waals surface area contributed by atoms with Crippen LogP contribution in [0.15, 0.2) is 42.6 Å². The first-order valence-corrected chi connectivity index (χ1v) is 5.69. The minimum absolute atomic E-state index is 0.0812. The van der Waals surface area contributed by atoms with Gasteiger partial charge in [0.05, 0.1) is 0 Å². The van der Waals surface area contributed by atoms with E-state index in [1.165, 1.54) is 0 Å². The molecule has 3 N–H and O–H groups in total. The molecule has 1 aromatic heterocycles. The van der Waals surface area contributed by atoms with E-state index in [4.69, 9.17) is 11.1 Å². The Morgan fingerprint density at radius 2 is 1.83 bits per heavy atom. The molecule has 1 aromatic carbocycles. The van der Waals surface area contributed by atoms with Crippen molar-refractivity contribution >= 4 is 17.3 Å². The quantitative estimate of drug-likeness (QED) is 0.639. The molecule has 0 fully saturated rings. The lowest BCUT2D eigenvalue weighted by Crippen LogP contribution is -2.13. The minimum atomic E-state index is 0.0812. The summed E-state index contributed by atoms with van der Waals surface area (Å²) in [5.74, 6) is 0.967. The fourth-order valence-electron chi connectivity index (χ4n) is 1.66. The number of hydrogen-bond donors (Lipinski definition) is 2. The van der Waals surface area contributed by atoms with Crippen molar-refractivity contribution in [1.82, 2.24) is 4.98 Å². The standard InChI is InChI=1S/C14H16N4/c1-10-3-8-13(17-9-10)18(2)12-6-4-11(5-7-12)14(15)16/h3-9H,1-2H3,(H3,15,16). The molecule has 0 radical (unpaired) electrons. The first-order valence-electron chi connectivity index (χ1n) is 5.69. The minimum Gasteiger partial charge on any atom is -0.384 e. The zero-order valence-electron chi connectivity index (χ0n) is 10.5. The van der Waals surface area contributed by atoms with Gasteiger partial charge in [0.2, 0.25) is 0 Å². The van der Waals surface area contributed by atoms with Crippen LogP contribution in [0, 0.1) is 12.3 Å². The second-order valence-corrected chi connectivity index (χ2v) is 4.21. The number of amidine groups is 1. The van der Waals surface area contributed by atoms with Crippen molar-refractivity contribution in [3.8, 4) is 0 Å². The molecule has 18 heavy (non-hydrogen) atoms. The molecule has 0 aliphatic rings. The first kappa shape index (κ1) is 12.1. The Balaban J connectivity index is 2.25. The van der Waals surface area contributed by atoms with Crippen LogP contribution in [0.5, 0.6) is 0 Å². The summed E-state index contributed by atoms with van der Waals surface area (Å²) in [5, 5.41) is 7.35. The van der Waals surface area contributed by atoms with E-state index in [1.807, 2.05) is 61.5 Å². The van der Waals surface area contributed by atoms with E-state index in [0.29, 0.717) is 0 Å². The van der Waals surface area contributed by atoms with Crippen LogP contribution in [0.25, 0.3) is 0 Å². The number of anilines is 2. The monoisotopic (exact) mass is 240 g/mol. The van der Waals surface area contributed by atoms with Gasteiger partial charge in [0.15, 0.2) is 0 Å². The van der Waals surface area contributed by atoms with Crippen molar-refractivity contribution in [3.63, 3.8) is 0 Å². The van der Waals surface area contributed by atoms with Crippen LogP contribution in [0.1, 0.15) is 11.1 Å². The van der Waals surface area contributed by atoms with Gasteiger partial charge in [-0.3, -0.25) is 5.41 Å². The van der Waals surface area contributed by atoms with Gasteiger partial charge in [-0.25, -0.2) is 4.98 Å². The number of nitrogens with zero attached hydrogens (tertiary/aromatic N) is 2. The van der Waals surface area contributed by atoms with Gasteiger partial charge >= 0.3 is 0 Å². The number of rotatable bonds is 3. The topological polar surface area (TPSA) is 66.0 Å². The third-order valence-corrected chi connectivity index (χ3v) is 2.81. The predicted octanol–water partition coefficient (Wildman–Crippen LogP) is 2.44. The van der Waals surface area contributed by atoms with E-state index in [2.05, 4.69) is 4.98 Å². The van der Waals surface area contributed by atoms with Gasteiger partial charge in [-0.15, -0.1) is 0 Å². The Bertz CT molecular complexity index is 543. The number of aryl methyl sites for hydroxylation is 1.